The van der Waals surface area contributed by atoms with Gasteiger partial charge < -0.3 is 14.7 Å². The van der Waals surface area contributed by atoms with Crippen molar-refractivity contribution in [3.05, 3.63) is 36.4 Å². The summed E-state index contributed by atoms with van der Waals surface area (Å²) in [4.78, 5) is 14.8. The van der Waals surface area contributed by atoms with Crippen molar-refractivity contribution in [1.82, 2.24) is 24.6 Å². The summed E-state index contributed by atoms with van der Waals surface area (Å²) in [7, 11) is 0. The van der Waals surface area contributed by atoms with Gasteiger partial charge in [0.1, 0.15) is 23.5 Å². The molecular weight excluding hydrogens is 358 g/mol. The van der Waals surface area contributed by atoms with Crippen LogP contribution in [0.5, 0.6) is 0 Å². The Kier molecular flexibility index (Phi) is 4.66. The van der Waals surface area contributed by atoms with Crippen LogP contribution in [0.15, 0.2) is 30.7 Å². The normalized spacial score (nSPS) is 20.6. The number of anilines is 1. The number of imidazole rings is 1. The number of morpholine rings is 1. The topological polar surface area (TPSA) is 88.7 Å². The molecule has 1 saturated heterocycles. The average molecular weight is 376 g/mol. The van der Waals surface area contributed by atoms with Crippen LogP contribution < -0.4 is 4.90 Å². The van der Waals surface area contributed by atoms with E-state index in [-0.39, 0.29) is 24.5 Å². The van der Waals surface area contributed by atoms with Gasteiger partial charge in [-0.1, -0.05) is 0 Å². The number of nitrogens with zero attached hydrogens (tertiary/aromatic N) is 6. The molecule has 142 valence electrons. The Morgan fingerprint density at radius 2 is 2.11 bits per heavy atom. The van der Waals surface area contributed by atoms with Crippen LogP contribution in [0, 0.1) is 0 Å². The van der Waals surface area contributed by atoms with E-state index < -0.39 is 6.43 Å². The summed E-state index contributed by atoms with van der Waals surface area (Å²) in [6.45, 7) is 2.97. The Morgan fingerprint density at radius 3 is 2.89 bits per heavy atom. The zero-order chi connectivity index (χ0) is 19.0. The van der Waals surface area contributed by atoms with Gasteiger partial charge in [-0.3, -0.25) is 0 Å². The van der Waals surface area contributed by atoms with Crippen molar-refractivity contribution in [3.8, 4) is 11.4 Å². The molecule has 1 N–H and O–H groups in total. The lowest BCUT2D eigenvalue weighted by atomic mass is 10.2. The fourth-order valence-corrected chi connectivity index (χ4v) is 3.17. The maximum absolute atomic E-state index is 13.0. The molecule has 3 aromatic heterocycles. The fourth-order valence-electron chi connectivity index (χ4n) is 3.17. The van der Waals surface area contributed by atoms with Gasteiger partial charge in [0, 0.05) is 19.2 Å². The Balaban J connectivity index is 1.70. The number of aliphatic hydroxyl groups excluding tert-OH is 1. The molecule has 0 saturated carbocycles. The number of halogens is 2. The van der Waals surface area contributed by atoms with Crippen molar-refractivity contribution in [2.75, 3.05) is 24.6 Å². The highest BCUT2D eigenvalue weighted by Crippen LogP contribution is 2.25. The first kappa shape index (κ1) is 17.7. The van der Waals surface area contributed by atoms with Gasteiger partial charge in [0.15, 0.2) is 5.65 Å². The minimum absolute atomic E-state index is 0.0552. The standard InChI is InChI=1S/C17H18F2N6O2/c1-10-6-24(7-11(8-26)27-10)16-4-13(21-9-22-16)14-5-20-15-3-2-12(17(18)19)23-25(14)15/h2-5,9-11,17,26H,6-8H2,1H3. The minimum Gasteiger partial charge on any atom is -0.394 e. The van der Waals surface area contributed by atoms with Crippen LogP contribution in [0.3, 0.4) is 0 Å². The number of alkyl halides is 2. The second kappa shape index (κ2) is 7.12. The monoisotopic (exact) mass is 376 g/mol. The van der Waals surface area contributed by atoms with Crippen LogP contribution in [0.1, 0.15) is 19.0 Å². The lowest BCUT2D eigenvalue weighted by molar-refractivity contribution is -0.0423. The van der Waals surface area contributed by atoms with Gasteiger partial charge in [0.2, 0.25) is 0 Å². The summed E-state index contributed by atoms with van der Waals surface area (Å²) in [5, 5.41) is 13.4. The molecule has 10 heteroatoms. The third-order valence-corrected chi connectivity index (χ3v) is 4.38. The fraction of sp³-hybridized carbons (Fsp3) is 0.412. The van der Waals surface area contributed by atoms with Gasteiger partial charge in [-0.25, -0.2) is 28.2 Å². The Morgan fingerprint density at radius 1 is 1.26 bits per heavy atom. The Hall–Kier alpha value is -2.72. The van der Waals surface area contributed by atoms with E-state index in [1.165, 1.54) is 23.0 Å². The highest BCUT2D eigenvalue weighted by Gasteiger charge is 2.26. The summed E-state index contributed by atoms with van der Waals surface area (Å²) in [5.74, 6) is 0.661. The molecule has 8 nitrogen and oxygen atoms in total. The van der Waals surface area contributed by atoms with Crippen molar-refractivity contribution in [3.63, 3.8) is 0 Å². The maximum atomic E-state index is 13.0. The number of hydrogen-bond acceptors (Lipinski definition) is 7. The van der Waals surface area contributed by atoms with E-state index in [0.29, 0.717) is 35.9 Å². The van der Waals surface area contributed by atoms with E-state index in [0.717, 1.165) is 0 Å². The zero-order valence-electron chi connectivity index (χ0n) is 14.5. The van der Waals surface area contributed by atoms with Crippen molar-refractivity contribution in [2.24, 2.45) is 0 Å². The van der Waals surface area contributed by atoms with Gasteiger partial charge in [0.25, 0.3) is 6.43 Å². The molecule has 0 bridgehead atoms. The second-order valence-electron chi connectivity index (χ2n) is 6.39. The highest BCUT2D eigenvalue weighted by molar-refractivity contribution is 5.62. The van der Waals surface area contributed by atoms with Crippen LogP contribution in [0.25, 0.3) is 17.0 Å². The highest BCUT2D eigenvalue weighted by atomic mass is 19.3. The number of aromatic nitrogens is 5. The molecule has 27 heavy (non-hydrogen) atoms. The smallest absolute Gasteiger partial charge is 0.282 e. The number of fused-ring (bicyclic) bond motifs is 1. The van der Waals surface area contributed by atoms with Crippen LogP contribution in [0.2, 0.25) is 0 Å². The molecule has 0 amide bonds. The second-order valence-corrected chi connectivity index (χ2v) is 6.39. The molecular formula is C17H18F2N6O2. The molecule has 2 unspecified atom stereocenters. The van der Waals surface area contributed by atoms with Gasteiger partial charge in [-0.05, 0) is 19.1 Å². The van der Waals surface area contributed by atoms with Crippen molar-refractivity contribution in [2.45, 2.75) is 25.6 Å². The number of ether oxygens (including phenoxy) is 1. The third kappa shape index (κ3) is 3.45. The van der Waals surface area contributed by atoms with Gasteiger partial charge >= 0.3 is 0 Å². The Bertz CT molecular complexity index is 950. The summed E-state index contributed by atoms with van der Waals surface area (Å²) < 4.78 is 33.0. The van der Waals surface area contributed by atoms with E-state index in [1.54, 1.807) is 12.3 Å². The van der Waals surface area contributed by atoms with E-state index >= 15 is 0 Å². The van der Waals surface area contributed by atoms with Crippen molar-refractivity contribution >= 4 is 11.5 Å². The quantitative estimate of drug-likeness (QED) is 0.741. The summed E-state index contributed by atoms with van der Waals surface area (Å²) in [6, 6.07) is 4.51. The van der Waals surface area contributed by atoms with E-state index in [1.807, 2.05) is 11.8 Å². The van der Waals surface area contributed by atoms with Crippen molar-refractivity contribution in [1.29, 1.82) is 0 Å². The van der Waals surface area contributed by atoms with Crippen LogP contribution >= 0.6 is 0 Å². The predicted octanol–water partition coefficient (Wildman–Crippen LogP) is 1.71. The molecule has 0 aliphatic carbocycles. The summed E-state index contributed by atoms with van der Waals surface area (Å²) >= 11 is 0. The largest absolute Gasteiger partial charge is 0.394 e. The molecule has 4 heterocycles. The van der Waals surface area contributed by atoms with Crippen LogP contribution in [-0.4, -0.2) is 61.6 Å². The van der Waals surface area contributed by atoms with Crippen molar-refractivity contribution < 1.29 is 18.6 Å². The molecule has 2 atom stereocenters. The molecule has 0 radical (unpaired) electrons. The third-order valence-electron chi connectivity index (χ3n) is 4.38. The summed E-state index contributed by atoms with van der Waals surface area (Å²) in [6.07, 6.45) is -0.0634. The van der Waals surface area contributed by atoms with E-state index in [4.69, 9.17) is 4.74 Å². The molecule has 3 aromatic rings. The predicted molar refractivity (Wildman–Crippen MR) is 92.6 cm³/mol. The first-order valence-electron chi connectivity index (χ1n) is 8.51. The Labute approximate surface area is 153 Å². The van der Waals surface area contributed by atoms with Gasteiger partial charge in [-0.2, -0.15) is 5.10 Å². The van der Waals surface area contributed by atoms with Crippen LogP contribution in [0.4, 0.5) is 14.6 Å². The molecule has 1 aliphatic heterocycles. The average Bonchev–Trinajstić information content (AvgIpc) is 3.10. The van der Waals surface area contributed by atoms with Crippen LogP contribution in [-0.2, 0) is 4.74 Å². The molecule has 1 aliphatic rings. The SMILES string of the molecule is CC1CN(c2cc(-c3cnc4ccc(C(F)F)nn34)ncn2)CC(CO)O1. The minimum atomic E-state index is -2.67. The van der Waals surface area contributed by atoms with Gasteiger partial charge in [-0.15, -0.1) is 0 Å². The summed E-state index contributed by atoms with van der Waals surface area (Å²) in [5.41, 5.74) is 1.14. The lowest BCUT2D eigenvalue weighted by Crippen LogP contribution is -2.48. The molecule has 0 spiro atoms. The first-order chi connectivity index (χ1) is 13.0. The number of aliphatic hydroxyl groups is 1. The van der Waals surface area contributed by atoms with Gasteiger partial charge in [0.05, 0.1) is 30.7 Å². The van der Waals surface area contributed by atoms with E-state index in [2.05, 4.69) is 20.1 Å². The number of hydrogen-bond donors (Lipinski definition) is 1. The lowest BCUT2D eigenvalue weighted by Gasteiger charge is -2.36. The first-order valence-corrected chi connectivity index (χ1v) is 8.51. The molecule has 1 fully saturated rings. The molecule has 0 aromatic carbocycles. The molecule has 4 rings (SSSR count). The zero-order valence-corrected chi connectivity index (χ0v) is 14.5. The van der Waals surface area contributed by atoms with E-state index in [9.17, 15) is 13.9 Å². The maximum Gasteiger partial charge on any atom is 0.282 e. The number of rotatable bonds is 4.